The molecule has 1 aromatic rings. The summed E-state index contributed by atoms with van der Waals surface area (Å²) in [6.45, 7) is 6.23. The van der Waals surface area contributed by atoms with E-state index in [-0.39, 0.29) is 0 Å². The van der Waals surface area contributed by atoms with Crippen LogP contribution in [0.4, 0.5) is 5.82 Å². The summed E-state index contributed by atoms with van der Waals surface area (Å²) in [4.78, 5) is 8.19. The SMILES string of the molecule is C=C(Br)CNc1cc(C)nc(OC)n1. The summed E-state index contributed by atoms with van der Waals surface area (Å²) < 4.78 is 5.81. The lowest BCUT2D eigenvalue weighted by Gasteiger charge is -2.06. The summed E-state index contributed by atoms with van der Waals surface area (Å²) >= 11 is 3.25. The van der Waals surface area contributed by atoms with Crippen LogP contribution < -0.4 is 10.1 Å². The van der Waals surface area contributed by atoms with Gasteiger partial charge in [-0.15, -0.1) is 0 Å². The zero-order valence-corrected chi connectivity index (χ0v) is 9.76. The normalized spacial score (nSPS) is 9.64. The Bertz CT molecular complexity index is 341. The van der Waals surface area contributed by atoms with E-state index in [0.717, 1.165) is 16.0 Å². The standard InChI is InChI=1S/C9H12BrN3O/c1-6(10)5-11-8-4-7(2)12-9(13-8)14-3/h4H,1,5H2,2-3H3,(H,11,12,13). The first-order chi connectivity index (χ1) is 6.61. The molecule has 0 atom stereocenters. The highest BCUT2D eigenvalue weighted by molar-refractivity contribution is 9.11. The molecule has 0 bridgehead atoms. The molecule has 0 aliphatic rings. The zero-order chi connectivity index (χ0) is 10.6. The van der Waals surface area contributed by atoms with Gasteiger partial charge in [0.2, 0.25) is 0 Å². The third-order valence-corrected chi connectivity index (χ3v) is 1.76. The van der Waals surface area contributed by atoms with Crippen molar-refractivity contribution in [2.45, 2.75) is 6.92 Å². The maximum atomic E-state index is 4.95. The van der Waals surface area contributed by atoms with E-state index in [1.165, 1.54) is 0 Å². The van der Waals surface area contributed by atoms with E-state index in [9.17, 15) is 0 Å². The molecule has 1 rings (SSSR count). The average Bonchev–Trinajstić information content (AvgIpc) is 2.14. The summed E-state index contributed by atoms with van der Waals surface area (Å²) in [5, 5.41) is 3.08. The summed E-state index contributed by atoms with van der Waals surface area (Å²) in [5.74, 6) is 0.731. The molecule has 0 fully saturated rings. The lowest BCUT2D eigenvalue weighted by Crippen LogP contribution is -2.05. The highest BCUT2D eigenvalue weighted by atomic mass is 79.9. The van der Waals surface area contributed by atoms with E-state index < -0.39 is 0 Å². The number of nitrogens with one attached hydrogen (secondary N) is 1. The molecule has 0 aliphatic heterocycles. The molecule has 1 aromatic heterocycles. The molecule has 0 aliphatic carbocycles. The van der Waals surface area contributed by atoms with Gasteiger partial charge in [-0.2, -0.15) is 4.98 Å². The van der Waals surface area contributed by atoms with Gasteiger partial charge in [-0.05, 0) is 6.92 Å². The van der Waals surface area contributed by atoms with E-state index >= 15 is 0 Å². The Balaban J connectivity index is 2.76. The van der Waals surface area contributed by atoms with E-state index in [0.29, 0.717) is 12.6 Å². The number of hydrogen-bond donors (Lipinski definition) is 1. The molecular formula is C9H12BrN3O. The second-order valence-corrected chi connectivity index (χ2v) is 3.87. The van der Waals surface area contributed by atoms with Crippen LogP contribution in [0.15, 0.2) is 17.1 Å². The monoisotopic (exact) mass is 257 g/mol. The maximum Gasteiger partial charge on any atom is 0.318 e. The molecular weight excluding hydrogens is 246 g/mol. The minimum atomic E-state index is 0.368. The first-order valence-corrected chi connectivity index (χ1v) is 4.88. The van der Waals surface area contributed by atoms with Crippen LogP contribution in [0, 0.1) is 6.92 Å². The Morgan fingerprint density at radius 3 is 2.93 bits per heavy atom. The molecule has 1 N–H and O–H groups in total. The lowest BCUT2D eigenvalue weighted by molar-refractivity contribution is 0.379. The van der Waals surface area contributed by atoms with Crippen LogP contribution in [-0.2, 0) is 0 Å². The van der Waals surface area contributed by atoms with Crippen molar-refractivity contribution in [3.8, 4) is 6.01 Å². The summed E-state index contributed by atoms with van der Waals surface area (Å²) in [5.41, 5.74) is 0.861. The van der Waals surface area contributed by atoms with Crippen LogP contribution in [0.5, 0.6) is 6.01 Å². The predicted octanol–water partition coefficient (Wildman–Crippen LogP) is 2.11. The molecule has 0 spiro atoms. The van der Waals surface area contributed by atoms with Crippen LogP contribution in [-0.4, -0.2) is 23.6 Å². The highest BCUT2D eigenvalue weighted by Crippen LogP contribution is 2.11. The van der Waals surface area contributed by atoms with Gasteiger partial charge in [0.15, 0.2) is 0 Å². The topological polar surface area (TPSA) is 47.0 Å². The minimum Gasteiger partial charge on any atom is -0.467 e. The van der Waals surface area contributed by atoms with Gasteiger partial charge in [0, 0.05) is 22.8 Å². The second-order valence-electron chi connectivity index (χ2n) is 2.75. The fraction of sp³-hybridized carbons (Fsp3) is 0.333. The fourth-order valence-corrected chi connectivity index (χ4v) is 1.05. The summed E-state index contributed by atoms with van der Waals surface area (Å²) in [7, 11) is 1.54. The molecule has 76 valence electrons. The summed E-state index contributed by atoms with van der Waals surface area (Å²) in [6.07, 6.45) is 0. The van der Waals surface area contributed by atoms with Crippen molar-refractivity contribution in [3.63, 3.8) is 0 Å². The number of hydrogen-bond acceptors (Lipinski definition) is 4. The molecule has 0 radical (unpaired) electrons. The molecule has 1 heterocycles. The van der Waals surface area contributed by atoms with Crippen LogP contribution in [0.25, 0.3) is 0 Å². The van der Waals surface area contributed by atoms with Gasteiger partial charge < -0.3 is 10.1 Å². The quantitative estimate of drug-likeness (QED) is 0.898. The number of halogens is 1. The van der Waals surface area contributed by atoms with Crippen molar-refractivity contribution < 1.29 is 4.74 Å². The van der Waals surface area contributed by atoms with Crippen molar-refractivity contribution in [2.75, 3.05) is 19.0 Å². The van der Waals surface area contributed by atoms with E-state index in [1.54, 1.807) is 7.11 Å². The first kappa shape index (κ1) is 11.0. The number of ether oxygens (including phenoxy) is 1. The number of aromatic nitrogens is 2. The molecule has 0 saturated carbocycles. The van der Waals surface area contributed by atoms with Crippen molar-refractivity contribution in [1.29, 1.82) is 0 Å². The molecule has 0 amide bonds. The van der Waals surface area contributed by atoms with Crippen LogP contribution >= 0.6 is 15.9 Å². The van der Waals surface area contributed by atoms with Crippen molar-refractivity contribution in [2.24, 2.45) is 0 Å². The predicted molar refractivity (Wildman–Crippen MR) is 59.9 cm³/mol. The van der Waals surface area contributed by atoms with Crippen molar-refractivity contribution in [3.05, 3.63) is 22.8 Å². The fourth-order valence-electron chi connectivity index (χ4n) is 0.910. The van der Waals surface area contributed by atoms with Crippen LogP contribution in [0.3, 0.4) is 0 Å². The maximum absolute atomic E-state index is 4.95. The highest BCUT2D eigenvalue weighted by Gasteiger charge is 2.01. The molecule has 5 heteroatoms. The Morgan fingerprint density at radius 2 is 2.36 bits per heavy atom. The van der Waals surface area contributed by atoms with Crippen molar-refractivity contribution in [1.82, 2.24) is 9.97 Å². The minimum absolute atomic E-state index is 0.368. The summed E-state index contributed by atoms with van der Waals surface area (Å²) in [6, 6.07) is 2.21. The van der Waals surface area contributed by atoms with Gasteiger partial charge in [0.25, 0.3) is 0 Å². The third kappa shape index (κ3) is 3.33. The Hall–Kier alpha value is -1.10. The van der Waals surface area contributed by atoms with Crippen LogP contribution in [0.2, 0.25) is 0 Å². The molecule has 0 saturated heterocycles. The van der Waals surface area contributed by atoms with Crippen molar-refractivity contribution >= 4 is 21.7 Å². The average molecular weight is 258 g/mol. The van der Waals surface area contributed by atoms with Gasteiger partial charge in [-0.1, -0.05) is 22.5 Å². The zero-order valence-electron chi connectivity index (χ0n) is 8.17. The Labute approximate surface area is 91.5 Å². The number of methoxy groups -OCH3 is 1. The molecule has 14 heavy (non-hydrogen) atoms. The van der Waals surface area contributed by atoms with Gasteiger partial charge >= 0.3 is 6.01 Å². The lowest BCUT2D eigenvalue weighted by atomic mass is 10.4. The number of anilines is 1. The molecule has 4 nitrogen and oxygen atoms in total. The van der Waals surface area contributed by atoms with Gasteiger partial charge in [0.1, 0.15) is 5.82 Å². The Morgan fingerprint density at radius 1 is 1.64 bits per heavy atom. The third-order valence-electron chi connectivity index (χ3n) is 1.48. The van der Waals surface area contributed by atoms with Gasteiger partial charge in [0.05, 0.1) is 7.11 Å². The first-order valence-electron chi connectivity index (χ1n) is 4.08. The van der Waals surface area contributed by atoms with Crippen LogP contribution in [0.1, 0.15) is 5.69 Å². The molecule has 0 unspecified atom stereocenters. The van der Waals surface area contributed by atoms with Gasteiger partial charge in [-0.25, -0.2) is 4.98 Å². The number of rotatable bonds is 4. The van der Waals surface area contributed by atoms with Gasteiger partial charge in [-0.3, -0.25) is 0 Å². The van der Waals surface area contributed by atoms with E-state index in [4.69, 9.17) is 4.74 Å². The largest absolute Gasteiger partial charge is 0.467 e. The Kier molecular flexibility index (Phi) is 3.88. The van der Waals surface area contributed by atoms with E-state index in [1.807, 2.05) is 13.0 Å². The second kappa shape index (κ2) is 4.95. The smallest absolute Gasteiger partial charge is 0.318 e. The number of nitrogens with zero attached hydrogens (tertiary/aromatic N) is 2. The van der Waals surface area contributed by atoms with E-state index in [2.05, 4.69) is 37.8 Å². The molecule has 0 aromatic carbocycles. The number of aryl methyl sites for hydroxylation is 1.